The number of aliphatic carboxylic acids is 1. The summed E-state index contributed by atoms with van der Waals surface area (Å²) in [5.41, 5.74) is 2.81. The molecule has 0 saturated carbocycles. The number of carbonyl (C=O) groups is 2. The summed E-state index contributed by atoms with van der Waals surface area (Å²) in [5.74, 6) is -1.34. The fraction of sp³-hybridized carbons (Fsp3) is 0.368. The number of amides is 1. The van der Waals surface area contributed by atoms with Gasteiger partial charge in [0.05, 0.1) is 10.8 Å². The molecule has 24 heavy (non-hydrogen) atoms. The Kier molecular flexibility index (Phi) is 3.88. The van der Waals surface area contributed by atoms with Crippen molar-refractivity contribution in [2.45, 2.75) is 38.0 Å². The molecular formula is C19H19NO3S. The molecule has 1 amide bonds. The predicted octanol–water partition coefficient (Wildman–Crippen LogP) is 3.85. The third-order valence-corrected chi connectivity index (χ3v) is 6.22. The van der Waals surface area contributed by atoms with Gasteiger partial charge < -0.3 is 10.0 Å². The first-order valence-electron chi connectivity index (χ1n) is 8.40. The normalized spacial score (nSPS) is 19.5. The van der Waals surface area contributed by atoms with Crippen LogP contribution in [-0.4, -0.2) is 23.5 Å². The highest BCUT2D eigenvalue weighted by Gasteiger charge is 2.33. The van der Waals surface area contributed by atoms with Gasteiger partial charge >= 0.3 is 5.97 Å². The molecule has 1 N–H and O–H groups in total. The van der Waals surface area contributed by atoms with Gasteiger partial charge in [-0.25, -0.2) is 0 Å². The van der Waals surface area contributed by atoms with Crippen molar-refractivity contribution in [2.24, 2.45) is 0 Å². The number of nitrogens with zero attached hydrogens (tertiary/aromatic N) is 1. The smallest absolute Gasteiger partial charge is 0.311 e. The Balaban J connectivity index is 1.69. The maximum absolute atomic E-state index is 13.0. The molecule has 0 saturated heterocycles. The molecule has 2 aliphatic rings. The van der Waals surface area contributed by atoms with Crippen LogP contribution in [0, 0.1) is 0 Å². The minimum Gasteiger partial charge on any atom is -0.481 e. The van der Waals surface area contributed by atoms with Gasteiger partial charge in [0.2, 0.25) is 0 Å². The van der Waals surface area contributed by atoms with Crippen molar-refractivity contribution in [1.82, 2.24) is 0 Å². The number of aryl methyl sites for hydroxylation is 2. The topological polar surface area (TPSA) is 57.6 Å². The summed E-state index contributed by atoms with van der Waals surface area (Å²) in [6.07, 6.45) is 5.00. The van der Waals surface area contributed by atoms with Gasteiger partial charge in [0, 0.05) is 17.1 Å². The number of fused-ring (bicyclic) bond motifs is 2. The minimum absolute atomic E-state index is 0.00527. The fourth-order valence-electron chi connectivity index (χ4n) is 3.76. The summed E-state index contributed by atoms with van der Waals surface area (Å²) in [5, 5.41) is 9.44. The van der Waals surface area contributed by atoms with Gasteiger partial charge in [0.15, 0.2) is 0 Å². The van der Waals surface area contributed by atoms with Crippen LogP contribution >= 0.6 is 11.3 Å². The Morgan fingerprint density at radius 2 is 1.96 bits per heavy atom. The molecule has 1 atom stereocenters. The maximum atomic E-state index is 13.0. The van der Waals surface area contributed by atoms with Crippen LogP contribution in [0.1, 0.15) is 50.9 Å². The second-order valence-electron chi connectivity index (χ2n) is 6.46. The van der Waals surface area contributed by atoms with Crippen LogP contribution in [0.5, 0.6) is 0 Å². The molecule has 4 rings (SSSR count). The number of para-hydroxylation sites is 1. The van der Waals surface area contributed by atoms with Crippen LogP contribution < -0.4 is 4.90 Å². The number of hydrogen-bond donors (Lipinski definition) is 1. The first kappa shape index (κ1) is 15.4. The molecule has 1 aromatic carbocycles. The lowest BCUT2D eigenvalue weighted by Gasteiger charge is -2.32. The average molecular weight is 341 g/mol. The molecule has 1 aromatic heterocycles. The number of thiophene rings is 1. The summed E-state index contributed by atoms with van der Waals surface area (Å²) in [4.78, 5) is 28.4. The number of benzene rings is 1. The van der Waals surface area contributed by atoms with Gasteiger partial charge in [0.25, 0.3) is 5.91 Å². The van der Waals surface area contributed by atoms with Crippen LogP contribution in [-0.2, 0) is 17.6 Å². The van der Waals surface area contributed by atoms with E-state index in [1.165, 1.54) is 23.3 Å². The summed E-state index contributed by atoms with van der Waals surface area (Å²) in [7, 11) is 0. The van der Waals surface area contributed by atoms with E-state index < -0.39 is 11.9 Å². The van der Waals surface area contributed by atoms with Crippen molar-refractivity contribution in [1.29, 1.82) is 0 Å². The molecule has 0 bridgehead atoms. The van der Waals surface area contributed by atoms with Gasteiger partial charge in [-0.1, -0.05) is 18.2 Å². The fourth-order valence-corrected chi connectivity index (χ4v) is 4.96. The molecule has 1 unspecified atom stereocenters. The van der Waals surface area contributed by atoms with Crippen LogP contribution in [0.25, 0.3) is 0 Å². The maximum Gasteiger partial charge on any atom is 0.311 e. The number of hydrogen-bond acceptors (Lipinski definition) is 3. The summed E-state index contributed by atoms with van der Waals surface area (Å²) < 4.78 is 0. The van der Waals surface area contributed by atoms with Crippen molar-refractivity contribution in [3.63, 3.8) is 0 Å². The van der Waals surface area contributed by atoms with Gasteiger partial charge in [-0.3, -0.25) is 9.59 Å². The van der Waals surface area contributed by atoms with Crippen LogP contribution in [0.4, 0.5) is 5.69 Å². The van der Waals surface area contributed by atoms with Gasteiger partial charge in [-0.15, -0.1) is 11.3 Å². The first-order valence-corrected chi connectivity index (χ1v) is 9.22. The van der Waals surface area contributed by atoms with E-state index >= 15 is 0 Å². The molecule has 1 aliphatic heterocycles. The molecule has 2 heterocycles. The molecule has 0 radical (unpaired) electrons. The Morgan fingerprint density at radius 1 is 1.17 bits per heavy atom. The number of anilines is 1. The highest BCUT2D eigenvalue weighted by Crippen LogP contribution is 2.37. The zero-order chi connectivity index (χ0) is 16.7. The molecule has 4 nitrogen and oxygen atoms in total. The monoisotopic (exact) mass is 341 g/mol. The third kappa shape index (κ3) is 2.53. The second-order valence-corrected chi connectivity index (χ2v) is 7.60. The second kappa shape index (κ2) is 6.06. The highest BCUT2D eigenvalue weighted by atomic mass is 32.1. The summed E-state index contributed by atoms with van der Waals surface area (Å²) in [6.45, 7) is 0.454. The van der Waals surface area contributed by atoms with Crippen LogP contribution in [0.15, 0.2) is 30.3 Å². The first-order chi connectivity index (χ1) is 11.6. The molecule has 2 aromatic rings. The highest BCUT2D eigenvalue weighted by molar-refractivity contribution is 7.14. The largest absolute Gasteiger partial charge is 0.481 e. The zero-order valence-electron chi connectivity index (χ0n) is 13.3. The molecule has 0 fully saturated rings. The van der Waals surface area contributed by atoms with E-state index in [1.807, 2.05) is 30.3 Å². The van der Waals surface area contributed by atoms with E-state index in [2.05, 4.69) is 0 Å². The van der Waals surface area contributed by atoms with E-state index in [9.17, 15) is 14.7 Å². The molecule has 0 spiro atoms. The van der Waals surface area contributed by atoms with Crippen molar-refractivity contribution >= 4 is 28.9 Å². The quantitative estimate of drug-likeness (QED) is 0.903. The zero-order valence-corrected chi connectivity index (χ0v) is 14.1. The molecule has 124 valence electrons. The summed E-state index contributed by atoms with van der Waals surface area (Å²) in [6, 6.07) is 9.44. The Hall–Kier alpha value is -2.14. The number of rotatable bonds is 2. The molecular weight excluding hydrogens is 322 g/mol. The Morgan fingerprint density at radius 3 is 2.75 bits per heavy atom. The number of carboxylic acid groups (broad SMARTS) is 1. The van der Waals surface area contributed by atoms with E-state index in [4.69, 9.17) is 0 Å². The average Bonchev–Trinajstić information content (AvgIpc) is 3.04. The van der Waals surface area contributed by atoms with E-state index in [0.717, 1.165) is 29.0 Å². The number of carboxylic acids is 1. The summed E-state index contributed by atoms with van der Waals surface area (Å²) >= 11 is 1.61. The Labute approximate surface area is 144 Å². The van der Waals surface area contributed by atoms with Gasteiger partial charge in [0.1, 0.15) is 0 Å². The standard InChI is InChI=1S/C19H19NO3S/c21-18(17-11-12-5-1-4-8-16(12)24-17)20-10-9-14(19(22)23)13-6-2-3-7-15(13)20/h2-3,6-7,11,14H,1,4-5,8-10H2,(H,22,23). The SMILES string of the molecule is O=C(O)C1CCN(C(=O)c2cc3c(s2)CCCC3)c2ccccc21. The van der Waals surface area contributed by atoms with E-state index in [-0.39, 0.29) is 5.91 Å². The van der Waals surface area contributed by atoms with Crippen molar-refractivity contribution < 1.29 is 14.7 Å². The van der Waals surface area contributed by atoms with E-state index in [0.29, 0.717) is 13.0 Å². The van der Waals surface area contributed by atoms with Crippen molar-refractivity contribution in [3.8, 4) is 0 Å². The third-order valence-electron chi connectivity index (χ3n) is 4.99. The van der Waals surface area contributed by atoms with Crippen LogP contribution in [0.2, 0.25) is 0 Å². The van der Waals surface area contributed by atoms with Crippen LogP contribution in [0.3, 0.4) is 0 Å². The van der Waals surface area contributed by atoms with E-state index in [1.54, 1.807) is 16.2 Å². The van der Waals surface area contributed by atoms with Crippen molar-refractivity contribution in [2.75, 3.05) is 11.4 Å². The minimum atomic E-state index is -0.818. The lowest BCUT2D eigenvalue weighted by atomic mass is 9.90. The van der Waals surface area contributed by atoms with Gasteiger partial charge in [-0.05, 0) is 55.4 Å². The lowest BCUT2D eigenvalue weighted by Crippen LogP contribution is -2.37. The van der Waals surface area contributed by atoms with Crippen molar-refractivity contribution in [3.05, 3.63) is 51.2 Å². The molecule has 5 heteroatoms. The van der Waals surface area contributed by atoms with Gasteiger partial charge in [-0.2, -0.15) is 0 Å². The number of carbonyl (C=O) groups excluding carboxylic acids is 1. The Bertz CT molecular complexity index is 787. The predicted molar refractivity (Wildman–Crippen MR) is 94.1 cm³/mol. The molecule has 1 aliphatic carbocycles. The lowest BCUT2D eigenvalue weighted by molar-refractivity contribution is -0.139.